The Bertz CT molecular complexity index is 680. The van der Waals surface area contributed by atoms with Gasteiger partial charge in [-0.3, -0.25) is 0 Å². The Morgan fingerprint density at radius 1 is 1.36 bits per heavy atom. The summed E-state index contributed by atoms with van der Waals surface area (Å²) in [5.41, 5.74) is -0.0141. The van der Waals surface area contributed by atoms with Crippen molar-refractivity contribution in [2.75, 3.05) is 0 Å². The van der Waals surface area contributed by atoms with E-state index in [0.29, 0.717) is 21.4 Å². The van der Waals surface area contributed by atoms with Gasteiger partial charge in [-0.2, -0.15) is 4.98 Å². The fourth-order valence-corrected chi connectivity index (χ4v) is 1.96. The van der Waals surface area contributed by atoms with Crippen LogP contribution in [0.2, 0.25) is 10.0 Å². The standard InChI is InChI=1S/C14H15Cl2N3O3/c1-14(2,3)21-13(20)17-7-10-18-12(19-22-10)8-5-4-6-9(15)11(8)16/h4-6H,7H2,1-3H3,(H,17,20). The highest BCUT2D eigenvalue weighted by Gasteiger charge is 2.17. The fraction of sp³-hybridized carbons (Fsp3) is 0.357. The molecule has 0 aliphatic rings. The molecule has 22 heavy (non-hydrogen) atoms. The quantitative estimate of drug-likeness (QED) is 0.908. The molecule has 1 aromatic heterocycles. The number of nitrogens with zero attached hydrogens (tertiary/aromatic N) is 2. The zero-order valence-corrected chi connectivity index (χ0v) is 13.8. The van der Waals surface area contributed by atoms with Crippen LogP contribution < -0.4 is 5.32 Å². The molecular formula is C14H15Cl2N3O3. The van der Waals surface area contributed by atoms with Crippen molar-refractivity contribution >= 4 is 29.3 Å². The number of alkyl carbamates (subject to hydrolysis) is 1. The molecule has 6 nitrogen and oxygen atoms in total. The topological polar surface area (TPSA) is 77.2 Å². The van der Waals surface area contributed by atoms with Gasteiger partial charge in [-0.15, -0.1) is 0 Å². The average molecular weight is 344 g/mol. The van der Waals surface area contributed by atoms with Gasteiger partial charge in [0.15, 0.2) is 0 Å². The third-order valence-electron chi connectivity index (χ3n) is 2.44. The molecule has 0 radical (unpaired) electrons. The predicted molar refractivity (Wildman–Crippen MR) is 82.8 cm³/mol. The van der Waals surface area contributed by atoms with Crippen LogP contribution in [0.3, 0.4) is 0 Å². The fourth-order valence-electron chi connectivity index (χ4n) is 1.57. The largest absolute Gasteiger partial charge is 0.444 e. The number of carbonyl (C=O) groups excluding carboxylic acids is 1. The Labute approximate surface area is 137 Å². The first-order chi connectivity index (χ1) is 10.3. The molecule has 1 heterocycles. The van der Waals surface area contributed by atoms with Gasteiger partial charge < -0.3 is 14.6 Å². The molecule has 0 unspecified atom stereocenters. The first kappa shape index (κ1) is 16.6. The summed E-state index contributed by atoms with van der Waals surface area (Å²) >= 11 is 12.0. The van der Waals surface area contributed by atoms with Gasteiger partial charge in [0.2, 0.25) is 11.7 Å². The molecule has 118 valence electrons. The summed E-state index contributed by atoms with van der Waals surface area (Å²) in [6, 6.07) is 5.13. The summed E-state index contributed by atoms with van der Waals surface area (Å²) in [7, 11) is 0. The molecule has 0 aliphatic heterocycles. The molecule has 1 aromatic carbocycles. The molecule has 1 N–H and O–H groups in total. The van der Waals surface area contributed by atoms with E-state index < -0.39 is 11.7 Å². The third kappa shape index (κ3) is 4.35. The number of nitrogens with one attached hydrogen (secondary N) is 1. The smallest absolute Gasteiger partial charge is 0.408 e. The zero-order chi connectivity index (χ0) is 16.3. The molecule has 1 amide bonds. The van der Waals surface area contributed by atoms with Crippen LogP contribution in [0.25, 0.3) is 11.4 Å². The van der Waals surface area contributed by atoms with Crippen molar-refractivity contribution in [2.45, 2.75) is 32.9 Å². The molecule has 0 saturated heterocycles. The number of hydrogen-bond donors (Lipinski definition) is 1. The summed E-state index contributed by atoms with van der Waals surface area (Å²) in [6.07, 6.45) is -0.562. The van der Waals surface area contributed by atoms with Crippen molar-refractivity contribution < 1.29 is 14.1 Å². The lowest BCUT2D eigenvalue weighted by molar-refractivity contribution is 0.0518. The number of hydrogen-bond acceptors (Lipinski definition) is 5. The normalized spacial score (nSPS) is 11.3. The van der Waals surface area contributed by atoms with E-state index in [1.807, 2.05) is 0 Å². The molecule has 8 heteroatoms. The number of halogens is 2. The zero-order valence-electron chi connectivity index (χ0n) is 12.3. The van der Waals surface area contributed by atoms with E-state index >= 15 is 0 Å². The molecule has 0 atom stereocenters. The highest BCUT2D eigenvalue weighted by atomic mass is 35.5. The first-order valence-corrected chi connectivity index (χ1v) is 7.25. The molecule has 0 saturated carbocycles. The monoisotopic (exact) mass is 343 g/mol. The van der Waals surface area contributed by atoms with Gasteiger partial charge in [0, 0.05) is 5.56 Å². The number of aromatic nitrogens is 2. The van der Waals surface area contributed by atoms with Crippen LogP contribution in [0.4, 0.5) is 4.79 Å². The van der Waals surface area contributed by atoms with Crippen LogP contribution >= 0.6 is 23.2 Å². The SMILES string of the molecule is CC(C)(C)OC(=O)NCc1nc(-c2cccc(Cl)c2Cl)no1. The maximum atomic E-state index is 11.5. The Hall–Kier alpha value is -1.79. The molecule has 0 fully saturated rings. The van der Waals surface area contributed by atoms with Gasteiger partial charge in [-0.05, 0) is 32.9 Å². The summed E-state index contributed by atoms with van der Waals surface area (Å²) < 4.78 is 10.2. The highest BCUT2D eigenvalue weighted by molar-refractivity contribution is 6.43. The minimum absolute atomic E-state index is 0.0557. The van der Waals surface area contributed by atoms with Crippen molar-refractivity contribution in [1.29, 1.82) is 0 Å². The van der Waals surface area contributed by atoms with Crippen molar-refractivity contribution in [1.82, 2.24) is 15.5 Å². The van der Waals surface area contributed by atoms with Gasteiger partial charge in [0.25, 0.3) is 0 Å². The van der Waals surface area contributed by atoms with Gasteiger partial charge >= 0.3 is 6.09 Å². The van der Waals surface area contributed by atoms with Crippen LogP contribution in [0, 0.1) is 0 Å². The summed E-state index contributed by atoms with van der Waals surface area (Å²) in [5.74, 6) is 0.533. The van der Waals surface area contributed by atoms with Crippen molar-refractivity contribution in [3.8, 4) is 11.4 Å². The van der Waals surface area contributed by atoms with Crippen molar-refractivity contribution in [3.63, 3.8) is 0 Å². The average Bonchev–Trinajstić information content (AvgIpc) is 2.86. The Morgan fingerprint density at radius 3 is 2.77 bits per heavy atom. The summed E-state index contributed by atoms with van der Waals surface area (Å²) in [6.45, 7) is 5.38. The lowest BCUT2D eigenvalue weighted by Gasteiger charge is -2.19. The molecule has 2 aromatic rings. The minimum Gasteiger partial charge on any atom is -0.444 e. The van der Waals surface area contributed by atoms with E-state index in [1.165, 1.54) is 0 Å². The molecule has 0 spiro atoms. The van der Waals surface area contributed by atoms with Gasteiger partial charge in [0.1, 0.15) is 12.1 Å². The lowest BCUT2D eigenvalue weighted by Crippen LogP contribution is -2.32. The van der Waals surface area contributed by atoms with Crippen LogP contribution in [-0.2, 0) is 11.3 Å². The maximum absolute atomic E-state index is 11.5. The number of amides is 1. The van der Waals surface area contributed by atoms with E-state index in [-0.39, 0.29) is 12.4 Å². The second-order valence-corrected chi connectivity index (χ2v) is 6.25. The van der Waals surface area contributed by atoms with Gasteiger partial charge in [0.05, 0.1) is 10.0 Å². The van der Waals surface area contributed by atoms with E-state index in [9.17, 15) is 4.79 Å². The summed E-state index contributed by atoms with van der Waals surface area (Å²) in [4.78, 5) is 15.7. The first-order valence-electron chi connectivity index (χ1n) is 6.50. The molecular weight excluding hydrogens is 329 g/mol. The van der Waals surface area contributed by atoms with Crippen molar-refractivity contribution in [2.24, 2.45) is 0 Å². The van der Waals surface area contributed by atoms with Crippen LogP contribution in [-0.4, -0.2) is 21.8 Å². The van der Waals surface area contributed by atoms with E-state index in [4.69, 9.17) is 32.5 Å². The highest BCUT2D eigenvalue weighted by Crippen LogP contribution is 2.31. The second-order valence-electron chi connectivity index (χ2n) is 5.47. The van der Waals surface area contributed by atoms with Gasteiger partial charge in [-0.1, -0.05) is 34.4 Å². The van der Waals surface area contributed by atoms with Crippen LogP contribution in [0.1, 0.15) is 26.7 Å². The second kappa shape index (κ2) is 6.54. The Kier molecular flexibility index (Phi) is 4.93. The predicted octanol–water partition coefficient (Wildman–Crippen LogP) is 4.07. The summed E-state index contributed by atoms with van der Waals surface area (Å²) in [5, 5.41) is 7.09. The lowest BCUT2D eigenvalue weighted by atomic mass is 10.2. The van der Waals surface area contributed by atoms with Crippen LogP contribution in [0.5, 0.6) is 0 Å². The number of rotatable bonds is 3. The molecule has 2 rings (SSSR count). The third-order valence-corrected chi connectivity index (χ3v) is 3.26. The van der Waals surface area contributed by atoms with E-state index in [1.54, 1.807) is 39.0 Å². The molecule has 0 bridgehead atoms. The van der Waals surface area contributed by atoms with Gasteiger partial charge in [-0.25, -0.2) is 4.79 Å². The van der Waals surface area contributed by atoms with E-state index in [2.05, 4.69) is 15.5 Å². The minimum atomic E-state index is -0.571. The van der Waals surface area contributed by atoms with Crippen LogP contribution in [0.15, 0.2) is 22.7 Å². The number of carbonyl (C=O) groups is 1. The maximum Gasteiger partial charge on any atom is 0.408 e. The number of benzene rings is 1. The van der Waals surface area contributed by atoms with Crippen molar-refractivity contribution in [3.05, 3.63) is 34.1 Å². The Balaban J connectivity index is 2.03. The number of ether oxygens (including phenoxy) is 1. The molecule has 0 aliphatic carbocycles. The Morgan fingerprint density at radius 2 is 2.09 bits per heavy atom. The van der Waals surface area contributed by atoms with E-state index in [0.717, 1.165) is 0 Å².